The van der Waals surface area contributed by atoms with Gasteiger partial charge in [0, 0.05) is 29.4 Å². The van der Waals surface area contributed by atoms with E-state index in [1.165, 1.54) is 11.8 Å². The number of thioether (sulfide) groups is 1. The van der Waals surface area contributed by atoms with Gasteiger partial charge in [0.15, 0.2) is 5.13 Å². The molecular formula is C25H27N11O7S2. The molecule has 20 heteroatoms. The summed E-state index contributed by atoms with van der Waals surface area (Å²) in [7, 11) is 1.86. The van der Waals surface area contributed by atoms with Crippen LogP contribution in [-0.4, -0.2) is 89.1 Å². The Kier molecular flexibility index (Phi) is 8.97. The van der Waals surface area contributed by atoms with Crippen LogP contribution in [0.3, 0.4) is 0 Å². The smallest absolute Gasteiger partial charge is 0.374 e. The lowest BCUT2D eigenvalue weighted by Gasteiger charge is -2.50. The second-order valence-corrected chi connectivity index (χ2v) is 11.6. The summed E-state index contributed by atoms with van der Waals surface area (Å²) < 4.78 is 7.52. The predicted molar refractivity (Wildman–Crippen MR) is 159 cm³/mol. The molecule has 3 aromatic heterocycles. The molecule has 45 heavy (non-hydrogen) atoms. The largest absolute Gasteiger partial charge is 0.543 e. The number of amides is 2. The molecule has 2 aliphatic heterocycles. The highest BCUT2D eigenvalue weighted by atomic mass is 32.2. The Morgan fingerprint density at radius 2 is 2.11 bits per heavy atom. The minimum Gasteiger partial charge on any atom is -0.543 e. The number of carboxylic acids is 2. The van der Waals surface area contributed by atoms with E-state index in [4.69, 9.17) is 21.4 Å². The summed E-state index contributed by atoms with van der Waals surface area (Å²) in [6.45, 7) is 4.68. The highest BCUT2D eigenvalue weighted by Gasteiger charge is 2.53. The Balaban J connectivity index is 1.37. The van der Waals surface area contributed by atoms with Crippen LogP contribution in [0.25, 0.3) is 11.2 Å². The van der Waals surface area contributed by atoms with Gasteiger partial charge in [0.05, 0.1) is 17.9 Å². The van der Waals surface area contributed by atoms with Crippen LogP contribution in [0.2, 0.25) is 0 Å². The number of nitrogens with zero attached hydrogens (tertiary/aromatic N) is 7. The lowest BCUT2D eigenvalue weighted by Crippen LogP contribution is -2.71. The average Bonchev–Trinajstić information content (AvgIpc) is 3.58. The second-order valence-electron chi connectivity index (χ2n) is 9.74. The fourth-order valence-corrected chi connectivity index (χ4v) is 6.56. The number of fused-ring (bicyclic) bond motifs is 2. The van der Waals surface area contributed by atoms with Gasteiger partial charge in [-0.3, -0.25) is 19.1 Å². The molecule has 0 aromatic carbocycles. The second kappa shape index (κ2) is 12.9. The van der Waals surface area contributed by atoms with Crippen LogP contribution in [0.15, 0.2) is 47.1 Å². The molecule has 236 valence electrons. The first-order chi connectivity index (χ1) is 21.5. The number of pyridine rings is 1. The fourth-order valence-electron chi connectivity index (χ4n) is 4.79. The SMILES string of the molecule is C=C(O/N=C(\C(=O)NC1C(=O)N2C(C(=O)[O-])=C(C[n+]3cccc4c3nc(N)n4CCCNC)CSC12)c1nsc(N)n1)C(=O)O. The molecule has 18 nitrogen and oxygen atoms in total. The molecule has 7 N–H and O–H groups in total. The summed E-state index contributed by atoms with van der Waals surface area (Å²) in [5.74, 6) is -5.32. The highest BCUT2D eigenvalue weighted by Crippen LogP contribution is 2.40. The number of aliphatic carboxylic acids is 2. The predicted octanol–water partition coefficient (Wildman–Crippen LogP) is -2.63. The number of aryl methyl sites for hydroxylation is 1. The Hall–Kier alpha value is -5.08. The molecule has 1 fully saturated rings. The lowest BCUT2D eigenvalue weighted by atomic mass is 10.0. The average molecular weight is 658 g/mol. The highest BCUT2D eigenvalue weighted by molar-refractivity contribution is 8.00. The first kappa shape index (κ1) is 31.3. The summed E-state index contributed by atoms with van der Waals surface area (Å²) in [6, 6.07) is 2.51. The number of nitrogens with one attached hydrogen (secondary N) is 2. The van der Waals surface area contributed by atoms with Gasteiger partial charge in [-0.1, -0.05) is 5.16 Å². The standard InChI is InChI=1S/C25H27N11O7S2/c1-11(22(39)40)43-32-14(17-30-25(27)45-33-17)19(37)29-15-20(38)36-16(23(41)42)12(10-44-21(15)36)9-34-7-3-5-13-18(34)31-24(26)35(13)8-4-6-28-2/h3,5,7,15,21,26,28H,1,4,6,8-10H2,2H3,(H5,27,29,30,33,37,39,40,41,42)/b32-14-. The van der Waals surface area contributed by atoms with E-state index < -0.39 is 46.6 Å². The van der Waals surface area contributed by atoms with E-state index in [-0.39, 0.29) is 29.0 Å². The van der Waals surface area contributed by atoms with Crippen molar-refractivity contribution in [1.82, 2.24) is 34.4 Å². The van der Waals surface area contributed by atoms with Crippen molar-refractivity contribution in [2.75, 3.05) is 30.8 Å². The van der Waals surface area contributed by atoms with E-state index in [1.54, 1.807) is 16.8 Å². The normalized spacial score (nSPS) is 18.0. The number of hydrogen-bond acceptors (Lipinski definition) is 15. The molecule has 0 aliphatic carbocycles. The molecule has 2 aliphatic rings. The van der Waals surface area contributed by atoms with Crippen LogP contribution in [0, 0.1) is 0 Å². The monoisotopic (exact) mass is 657 g/mol. The van der Waals surface area contributed by atoms with Crippen molar-refractivity contribution in [1.29, 1.82) is 0 Å². The number of aromatic nitrogens is 5. The number of β-lactam (4-membered cyclic amide) rings is 1. The van der Waals surface area contributed by atoms with Gasteiger partial charge in [0.1, 0.15) is 23.5 Å². The molecule has 2 atom stereocenters. The first-order valence-electron chi connectivity index (χ1n) is 13.3. The molecule has 2 amide bonds. The van der Waals surface area contributed by atoms with Gasteiger partial charge in [-0.15, -0.1) is 11.8 Å². The molecule has 2 unspecified atom stereocenters. The number of carboxylic acid groups (broad SMARTS) is 2. The van der Waals surface area contributed by atoms with Crippen molar-refractivity contribution in [3.05, 3.63) is 47.8 Å². The van der Waals surface area contributed by atoms with Crippen LogP contribution in [0.1, 0.15) is 12.2 Å². The van der Waals surface area contributed by atoms with Crippen LogP contribution < -0.4 is 31.8 Å². The zero-order valence-electron chi connectivity index (χ0n) is 23.6. The van der Waals surface area contributed by atoms with Crippen LogP contribution in [0.5, 0.6) is 0 Å². The van der Waals surface area contributed by atoms with Gasteiger partial charge >= 0.3 is 17.6 Å². The number of carbonyl (C=O) groups is 4. The number of oxime groups is 1. The number of carbonyl (C=O) groups excluding carboxylic acids is 3. The summed E-state index contributed by atoms with van der Waals surface area (Å²) in [6.07, 6.45) is 2.56. The van der Waals surface area contributed by atoms with E-state index in [0.717, 1.165) is 34.9 Å². The molecule has 3 aromatic rings. The Morgan fingerprint density at radius 1 is 1.33 bits per heavy atom. The third-order valence-electron chi connectivity index (χ3n) is 6.86. The van der Waals surface area contributed by atoms with Gasteiger partial charge in [-0.05, 0) is 43.7 Å². The topological polar surface area (TPSA) is 260 Å². The minimum absolute atomic E-state index is 0.00985. The van der Waals surface area contributed by atoms with Crippen LogP contribution in [0.4, 0.5) is 11.1 Å². The van der Waals surface area contributed by atoms with E-state index in [0.29, 0.717) is 23.7 Å². The Bertz CT molecular complexity index is 1780. The summed E-state index contributed by atoms with van der Waals surface area (Å²) in [5.41, 5.74) is 12.7. The molecule has 0 radical (unpaired) electrons. The van der Waals surface area contributed by atoms with Crippen LogP contribution in [-0.2, 0) is 37.1 Å². The van der Waals surface area contributed by atoms with Crippen molar-refractivity contribution < 1.29 is 38.8 Å². The van der Waals surface area contributed by atoms with E-state index in [2.05, 4.69) is 36.7 Å². The van der Waals surface area contributed by atoms with Crippen molar-refractivity contribution in [2.24, 2.45) is 5.16 Å². The molecule has 5 rings (SSSR count). The Morgan fingerprint density at radius 3 is 2.78 bits per heavy atom. The van der Waals surface area contributed by atoms with Crippen molar-refractivity contribution >= 4 is 75.0 Å². The number of nitrogens with two attached hydrogens (primary N) is 2. The van der Waals surface area contributed by atoms with E-state index in [1.807, 2.05) is 17.7 Å². The van der Waals surface area contributed by atoms with Crippen molar-refractivity contribution in [2.45, 2.75) is 30.9 Å². The van der Waals surface area contributed by atoms with Crippen molar-refractivity contribution in [3.8, 4) is 0 Å². The summed E-state index contributed by atoms with van der Waals surface area (Å²) in [5, 5.41) is 29.6. The zero-order chi connectivity index (χ0) is 32.4. The number of nitrogen functional groups attached to an aromatic ring is 2. The van der Waals surface area contributed by atoms with Gasteiger partial charge < -0.3 is 41.9 Å². The van der Waals surface area contributed by atoms with Gasteiger partial charge in [-0.25, -0.2) is 9.36 Å². The third kappa shape index (κ3) is 6.14. The maximum absolute atomic E-state index is 13.3. The summed E-state index contributed by atoms with van der Waals surface area (Å²) in [4.78, 5) is 63.9. The zero-order valence-corrected chi connectivity index (χ0v) is 25.3. The van der Waals surface area contributed by atoms with Crippen molar-refractivity contribution in [3.63, 3.8) is 0 Å². The van der Waals surface area contributed by atoms with Gasteiger partial charge in [-0.2, -0.15) is 9.36 Å². The molecule has 0 bridgehead atoms. The fraction of sp³-hybridized carbons (Fsp3) is 0.320. The van der Waals surface area contributed by atoms with E-state index in [9.17, 15) is 24.3 Å². The van der Waals surface area contributed by atoms with Gasteiger partial charge in [0.25, 0.3) is 11.8 Å². The number of rotatable bonds is 13. The minimum atomic E-state index is -1.55. The number of anilines is 2. The van der Waals surface area contributed by atoms with E-state index >= 15 is 0 Å². The maximum Gasteiger partial charge on any atom is 0.374 e. The third-order valence-corrected chi connectivity index (χ3v) is 8.74. The number of imidazole rings is 1. The maximum atomic E-state index is 13.3. The molecule has 0 saturated carbocycles. The first-order valence-corrected chi connectivity index (χ1v) is 15.1. The number of hydrogen-bond donors (Lipinski definition) is 5. The molecular weight excluding hydrogens is 630 g/mol. The van der Waals surface area contributed by atoms with Gasteiger partial charge in [0.2, 0.25) is 17.3 Å². The molecule has 0 spiro atoms. The Labute approximate surface area is 262 Å². The molecule has 5 heterocycles. The lowest BCUT2D eigenvalue weighted by molar-refractivity contribution is -0.664. The molecule has 1 saturated heterocycles. The quantitative estimate of drug-likeness (QED) is 0.0240. The van der Waals surface area contributed by atoms with Crippen LogP contribution >= 0.6 is 23.3 Å². The summed E-state index contributed by atoms with van der Waals surface area (Å²) >= 11 is 1.98.